The Morgan fingerprint density at radius 3 is 2.52 bits per heavy atom. The lowest BCUT2D eigenvalue weighted by atomic mass is 10.0. The molecule has 4 nitrogen and oxygen atoms in total. The normalized spacial score (nSPS) is 15.5. The Hall–Kier alpha value is -3.31. The van der Waals surface area contributed by atoms with E-state index in [1.54, 1.807) is 0 Å². The highest BCUT2D eigenvalue weighted by Gasteiger charge is 2.31. The molecule has 0 spiro atoms. The molecule has 0 bridgehead atoms. The number of carbonyl (C=O) groups is 1. The summed E-state index contributed by atoms with van der Waals surface area (Å²) in [5.74, 6) is 0.858. The Labute approximate surface area is 202 Å². The zero-order valence-corrected chi connectivity index (χ0v) is 19.8. The van der Waals surface area contributed by atoms with Crippen LogP contribution in [0.3, 0.4) is 0 Å². The first-order valence-corrected chi connectivity index (χ1v) is 12.0. The van der Waals surface area contributed by atoms with Gasteiger partial charge in [0.15, 0.2) is 0 Å². The maximum absolute atomic E-state index is 13.6. The molecule has 0 fully saturated rings. The molecule has 0 saturated carbocycles. The van der Waals surface area contributed by atoms with Crippen LogP contribution in [0.2, 0.25) is 0 Å². The minimum absolute atomic E-state index is 0.0420. The topological polar surface area (TPSA) is 34.5 Å². The van der Waals surface area contributed by atoms with Crippen LogP contribution in [0.4, 0.5) is 0 Å². The molecule has 166 valence electrons. The molecule has 1 amide bonds. The molecule has 1 aromatic heterocycles. The van der Waals surface area contributed by atoms with E-state index >= 15 is 0 Å². The van der Waals surface area contributed by atoms with E-state index in [4.69, 9.17) is 4.74 Å². The molecule has 4 aromatic rings. The van der Waals surface area contributed by atoms with Gasteiger partial charge in [-0.2, -0.15) is 0 Å². The van der Waals surface area contributed by atoms with Gasteiger partial charge in [0.1, 0.15) is 12.4 Å². The highest BCUT2D eigenvalue weighted by Crippen LogP contribution is 2.34. The van der Waals surface area contributed by atoms with Crippen LogP contribution in [0.5, 0.6) is 5.75 Å². The molecular weight excluding hydrogens is 476 g/mol. The van der Waals surface area contributed by atoms with Crippen LogP contribution in [-0.4, -0.2) is 21.9 Å². The lowest BCUT2D eigenvalue weighted by Gasteiger charge is -2.31. The van der Waals surface area contributed by atoms with Crippen LogP contribution in [0.1, 0.15) is 39.6 Å². The van der Waals surface area contributed by atoms with Crippen molar-refractivity contribution in [3.63, 3.8) is 0 Å². The molecule has 0 aliphatic carbocycles. The van der Waals surface area contributed by atoms with Gasteiger partial charge < -0.3 is 14.2 Å². The predicted molar refractivity (Wildman–Crippen MR) is 133 cm³/mol. The van der Waals surface area contributed by atoms with Crippen molar-refractivity contribution in [3.05, 3.63) is 124 Å². The average Bonchev–Trinajstić information content (AvgIpc) is 3.23. The molecule has 0 radical (unpaired) electrons. The number of benzene rings is 3. The number of amides is 1. The van der Waals surface area contributed by atoms with E-state index in [0.717, 1.165) is 40.0 Å². The first-order chi connectivity index (χ1) is 16.2. The second-order valence-corrected chi connectivity index (χ2v) is 9.15. The molecule has 0 saturated heterocycles. The molecule has 1 aliphatic heterocycles. The monoisotopic (exact) mass is 500 g/mol. The summed E-state index contributed by atoms with van der Waals surface area (Å²) in [5.41, 5.74) is 4.03. The van der Waals surface area contributed by atoms with Gasteiger partial charge in [0.05, 0.1) is 6.04 Å². The fourth-order valence-electron chi connectivity index (χ4n) is 4.42. The summed E-state index contributed by atoms with van der Waals surface area (Å²) in [6, 6.07) is 29.9. The summed E-state index contributed by atoms with van der Waals surface area (Å²) >= 11 is 3.50. The SMILES string of the molecule is O=C(c1cccc(Br)c1)N1CCCn2cccc2C1c1ccc(OCc2ccccc2)cc1. The summed E-state index contributed by atoms with van der Waals surface area (Å²) in [7, 11) is 0. The lowest BCUT2D eigenvalue weighted by Crippen LogP contribution is -2.35. The molecule has 3 aromatic carbocycles. The van der Waals surface area contributed by atoms with E-state index < -0.39 is 0 Å². The van der Waals surface area contributed by atoms with Crippen LogP contribution in [0.15, 0.2) is 102 Å². The summed E-state index contributed by atoms with van der Waals surface area (Å²) in [5, 5.41) is 0. The zero-order chi connectivity index (χ0) is 22.6. The van der Waals surface area contributed by atoms with E-state index in [1.165, 1.54) is 0 Å². The largest absolute Gasteiger partial charge is 0.489 e. The van der Waals surface area contributed by atoms with E-state index in [2.05, 4.69) is 63.1 Å². The van der Waals surface area contributed by atoms with Crippen LogP contribution in [-0.2, 0) is 13.2 Å². The van der Waals surface area contributed by atoms with Crippen molar-refractivity contribution in [1.29, 1.82) is 0 Å². The van der Waals surface area contributed by atoms with Crippen LogP contribution in [0, 0.1) is 0 Å². The van der Waals surface area contributed by atoms with Gasteiger partial charge in [0, 0.05) is 35.0 Å². The third-order valence-corrected chi connectivity index (χ3v) is 6.52. The van der Waals surface area contributed by atoms with Gasteiger partial charge in [0.25, 0.3) is 5.91 Å². The van der Waals surface area contributed by atoms with E-state index in [9.17, 15) is 4.79 Å². The Morgan fingerprint density at radius 1 is 0.909 bits per heavy atom. The molecule has 1 unspecified atom stereocenters. The second kappa shape index (κ2) is 9.67. The van der Waals surface area contributed by atoms with Crippen molar-refractivity contribution in [1.82, 2.24) is 9.47 Å². The fourth-order valence-corrected chi connectivity index (χ4v) is 4.82. The van der Waals surface area contributed by atoms with Crippen molar-refractivity contribution in [2.75, 3.05) is 6.54 Å². The standard InChI is InChI=1S/C28H25BrN2O2/c29-24-10-4-9-23(19-24)28(32)31-18-6-17-30-16-5-11-26(30)27(31)22-12-14-25(15-13-22)33-20-21-7-2-1-3-8-21/h1-5,7-16,19,27H,6,17-18,20H2. The third-order valence-electron chi connectivity index (χ3n) is 6.03. The third kappa shape index (κ3) is 4.74. The number of aromatic nitrogens is 1. The number of ether oxygens (including phenoxy) is 1. The molecular formula is C28H25BrN2O2. The summed E-state index contributed by atoms with van der Waals surface area (Å²) in [6.07, 6.45) is 3.02. The number of aryl methyl sites for hydroxylation is 1. The summed E-state index contributed by atoms with van der Waals surface area (Å²) in [4.78, 5) is 15.6. The number of carbonyl (C=O) groups excluding carboxylic acids is 1. The van der Waals surface area contributed by atoms with E-state index in [-0.39, 0.29) is 11.9 Å². The Kier molecular flexibility index (Phi) is 6.31. The second-order valence-electron chi connectivity index (χ2n) is 8.23. The van der Waals surface area contributed by atoms with Gasteiger partial charge >= 0.3 is 0 Å². The Bertz CT molecular complexity index is 1230. The number of hydrogen-bond acceptors (Lipinski definition) is 2. The zero-order valence-electron chi connectivity index (χ0n) is 18.2. The number of fused-ring (bicyclic) bond motifs is 1. The predicted octanol–water partition coefficient (Wildman–Crippen LogP) is 6.47. The molecule has 1 atom stereocenters. The van der Waals surface area contributed by atoms with E-state index in [1.807, 2.05) is 59.5 Å². The Balaban J connectivity index is 1.44. The minimum Gasteiger partial charge on any atom is -0.489 e. The van der Waals surface area contributed by atoms with Crippen LogP contribution >= 0.6 is 15.9 Å². The van der Waals surface area contributed by atoms with Gasteiger partial charge in [-0.05, 0) is 60.0 Å². The highest BCUT2D eigenvalue weighted by molar-refractivity contribution is 9.10. The van der Waals surface area contributed by atoms with Gasteiger partial charge in [-0.15, -0.1) is 0 Å². The van der Waals surface area contributed by atoms with Crippen molar-refractivity contribution >= 4 is 21.8 Å². The molecule has 1 aliphatic rings. The quantitative estimate of drug-likeness (QED) is 0.314. The van der Waals surface area contributed by atoms with E-state index in [0.29, 0.717) is 18.7 Å². The van der Waals surface area contributed by atoms with Gasteiger partial charge in [0.2, 0.25) is 0 Å². The summed E-state index contributed by atoms with van der Waals surface area (Å²) in [6.45, 7) is 2.13. The molecule has 2 heterocycles. The number of hydrogen-bond donors (Lipinski definition) is 0. The van der Waals surface area contributed by atoms with Crippen molar-refractivity contribution in [3.8, 4) is 5.75 Å². The average molecular weight is 501 g/mol. The lowest BCUT2D eigenvalue weighted by molar-refractivity contribution is 0.0709. The first kappa shape index (κ1) is 21.5. The summed E-state index contributed by atoms with van der Waals surface area (Å²) < 4.78 is 9.15. The number of nitrogens with zero attached hydrogens (tertiary/aromatic N) is 2. The van der Waals surface area contributed by atoms with Crippen molar-refractivity contribution < 1.29 is 9.53 Å². The minimum atomic E-state index is -0.155. The molecule has 0 N–H and O–H groups in total. The number of rotatable bonds is 5. The van der Waals surface area contributed by atoms with Crippen LogP contribution < -0.4 is 4.74 Å². The van der Waals surface area contributed by atoms with Crippen molar-refractivity contribution in [2.45, 2.75) is 25.6 Å². The molecule has 5 rings (SSSR count). The van der Waals surface area contributed by atoms with Crippen LogP contribution in [0.25, 0.3) is 0 Å². The molecule has 5 heteroatoms. The van der Waals surface area contributed by atoms with Gasteiger partial charge in [-0.25, -0.2) is 0 Å². The molecule has 33 heavy (non-hydrogen) atoms. The fraction of sp³-hybridized carbons (Fsp3) is 0.179. The highest BCUT2D eigenvalue weighted by atomic mass is 79.9. The Morgan fingerprint density at radius 2 is 1.73 bits per heavy atom. The number of halogens is 1. The van der Waals surface area contributed by atoms with Gasteiger partial charge in [-0.3, -0.25) is 4.79 Å². The smallest absolute Gasteiger partial charge is 0.254 e. The van der Waals surface area contributed by atoms with Gasteiger partial charge in [-0.1, -0.05) is 64.5 Å². The maximum atomic E-state index is 13.6. The first-order valence-electron chi connectivity index (χ1n) is 11.2. The maximum Gasteiger partial charge on any atom is 0.254 e. The van der Waals surface area contributed by atoms with Crippen molar-refractivity contribution in [2.24, 2.45) is 0 Å².